The van der Waals surface area contributed by atoms with Crippen molar-refractivity contribution in [2.24, 2.45) is 17.8 Å². The summed E-state index contributed by atoms with van der Waals surface area (Å²) in [5.41, 5.74) is 1.10. The Labute approximate surface area is 245 Å². The van der Waals surface area contributed by atoms with Gasteiger partial charge in [-0.2, -0.15) is 11.8 Å². The molecule has 1 aromatic carbocycles. The zero-order chi connectivity index (χ0) is 29.1. The lowest BCUT2D eigenvalue weighted by Crippen LogP contribution is -2.56. The molecule has 7 heteroatoms. The van der Waals surface area contributed by atoms with E-state index in [0.717, 1.165) is 44.1 Å². The van der Waals surface area contributed by atoms with E-state index in [4.69, 9.17) is 6.42 Å². The maximum atomic E-state index is 13.7. The van der Waals surface area contributed by atoms with Crippen molar-refractivity contribution in [1.82, 2.24) is 10.6 Å². The largest absolute Gasteiger partial charge is 0.389 e. The predicted octanol–water partition coefficient (Wildman–Crippen LogP) is 4.86. The van der Waals surface area contributed by atoms with Gasteiger partial charge in [0.15, 0.2) is 0 Å². The van der Waals surface area contributed by atoms with E-state index in [1.807, 2.05) is 30.3 Å². The van der Waals surface area contributed by atoms with Crippen LogP contribution in [-0.4, -0.2) is 56.8 Å². The van der Waals surface area contributed by atoms with Crippen LogP contribution in [0.25, 0.3) is 0 Å². The number of rotatable bonds is 15. The fraction of sp³-hybridized carbons (Fsp3) is 0.697. The Balaban J connectivity index is 1.73. The van der Waals surface area contributed by atoms with E-state index in [1.165, 1.54) is 6.42 Å². The molecule has 2 aliphatic carbocycles. The first-order chi connectivity index (χ1) is 19.1. The van der Waals surface area contributed by atoms with Crippen LogP contribution in [0.5, 0.6) is 0 Å². The molecule has 0 heterocycles. The minimum atomic E-state index is -1.16. The maximum Gasteiger partial charge on any atom is 0.242 e. The zero-order valence-corrected chi connectivity index (χ0v) is 25.4. The second-order valence-electron chi connectivity index (χ2n) is 12.9. The van der Waals surface area contributed by atoms with Gasteiger partial charge < -0.3 is 20.8 Å². The SMILES string of the molecule is C#CC[C@@H](O)[C@H](O)[C@H](CC1CCCCC1)NC(=O)[C@H](CC1CC1)NC(=O)C(CSC(C)(C)C)Cc1ccccc1. The number of benzene rings is 1. The van der Waals surface area contributed by atoms with E-state index < -0.39 is 24.3 Å². The van der Waals surface area contributed by atoms with Gasteiger partial charge in [0, 0.05) is 16.9 Å². The molecule has 3 rings (SSSR count). The summed E-state index contributed by atoms with van der Waals surface area (Å²) in [6.45, 7) is 6.43. The summed E-state index contributed by atoms with van der Waals surface area (Å²) in [6.07, 6.45) is 12.7. The molecular formula is C33H50N2O4S. The van der Waals surface area contributed by atoms with Gasteiger partial charge in [-0.25, -0.2) is 0 Å². The monoisotopic (exact) mass is 570 g/mol. The van der Waals surface area contributed by atoms with Crippen molar-refractivity contribution in [3.8, 4) is 12.3 Å². The highest BCUT2D eigenvalue weighted by molar-refractivity contribution is 8.00. The van der Waals surface area contributed by atoms with E-state index in [1.54, 1.807) is 11.8 Å². The van der Waals surface area contributed by atoms with E-state index >= 15 is 0 Å². The number of hydrogen-bond donors (Lipinski definition) is 4. The number of nitrogens with one attached hydrogen (secondary N) is 2. The summed E-state index contributed by atoms with van der Waals surface area (Å²) in [6, 6.07) is 8.72. The number of carbonyl (C=O) groups excluding carboxylic acids is 2. The second-order valence-corrected chi connectivity index (χ2v) is 14.7. The van der Waals surface area contributed by atoms with Crippen LogP contribution in [0.1, 0.15) is 90.5 Å². The van der Waals surface area contributed by atoms with Crippen molar-refractivity contribution in [3.05, 3.63) is 35.9 Å². The lowest BCUT2D eigenvalue weighted by Gasteiger charge is -2.33. The molecule has 2 amide bonds. The molecule has 2 aliphatic rings. The van der Waals surface area contributed by atoms with E-state index in [-0.39, 0.29) is 28.9 Å². The molecule has 5 atom stereocenters. The second kappa shape index (κ2) is 15.8. The molecule has 0 saturated heterocycles. The highest BCUT2D eigenvalue weighted by Gasteiger charge is 2.36. The van der Waals surface area contributed by atoms with Gasteiger partial charge >= 0.3 is 0 Å². The fourth-order valence-electron chi connectivity index (χ4n) is 5.54. The Morgan fingerprint density at radius 2 is 1.62 bits per heavy atom. The Morgan fingerprint density at radius 1 is 0.975 bits per heavy atom. The summed E-state index contributed by atoms with van der Waals surface area (Å²) >= 11 is 1.75. The number of aliphatic hydroxyl groups is 2. The molecule has 222 valence electrons. The van der Waals surface area contributed by atoms with Crippen LogP contribution in [0.3, 0.4) is 0 Å². The Morgan fingerprint density at radius 3 is 2.23 bits per heavy atom. The Bertz CT molecular complexity index is 963. The first-order valence-electron chi connectivity index (χ1n) is 15.1. The number of hydrogen-bond acceptors (Lipinski definition) is 5. The van der Waals surface area contributed by atoms with Crippen molar-refractivity contribution in [2.45, 2.75) is 120 Å². The van der Waals surface area contributed by atoms with Gasteiger partial charge in [-0.3, -0.25) is 9.59 Å². The average molecular weight is 571 g/mol. The van der Waals surface area contributed by atoms with Crippen molar-refractivity contribution >= 4 is 23.6 Å². The molecule has 1 unspecified atom stereocenters. The van der Waals surface area contributed by atoms with Gasteiger partial charge in [0.1, 0.15) is 12.1 Å². The van der Waals surface area contributed by atoms with Gasteiger partial charge in [-0.15, -0.1) is 12.3 Å². The van der Waals surface area contributed by atoms with Gasteiger partial charge in [0.25, 0.3) is 0 Å². The molecule has 0 aliphatic heterocycles. The summed E-state index contributed by atoms with van der Waals surface area (Å²) in [5, 5.41) is 27.6. The minimum absolute atomic E-state index is 0.0156. The van der Waals surface area contributed by atoms with E-state index in [9.17, 15) is 19.8 Å². The van der Waals surface area contributed by atoms with Crippen LogP contribution in [0, 0.1) is 30.1 Å². The standard InChI is InChI=1S/C33H50N2O4S/c1-5-12-29(36)30(37)27(20-24-15-10-7-11-16-24)34-32(39)28(21-25-17-18-25)35-31(38)26(22-40-33(2,3)4)19-23-13-8-6-9-14-23/h1,6,8-9,13-14,24-30,36-37H,7,10-12,15-22H2,2-4H3,(H,34,39)(H,35,38)/t26?,27-,28-,29+,30+/m0/s1. The van der Waals surface area contributed by atoms with Gasteiger partial charge in [0.2, 0.25) is 11.8 Å². The van der Waals surface area contributed by atoms with Crippen molar-refractivity contribution in [3.63, 3.8) is 0 Å². The molecule has 6 nitrogen and oxygen atoms in total. The normalized spacial score (nSPS) is 20.0. The van der Waals surface area contributed by atoms with Crippen molar-refractivity contribution in [2.75, 3.05) is 5.75 Å². The van der Waals surface area contributed by atoms with Crippen LogP contribution in [0.2, 0.25) is 0 Å². The topological polar surface area (TPSA) is 98.7 Å². The van der Waals surface area contributed by atoms with E-state index in [0.29, 0.717) is 36.9 Å². The fourth-order valence-corrected chi connectivity index (χ4v) is 6.51. The van der Waals surface area contributed by atoms with Crippen LogP contribution in [-0.2, 0) is 16.0 Å². The molecule has 2 fully saturated rings. The molecule has 40 heavy (non-hydrogen) atoms. The molecule has 2 saturated carbocycles. The van der Waals surface area contributed by atoms with Crippen LogP contribution in [0.4, 0.5) is 0 Å². The number of terminal acetylenes is 1. The number of amides is 2. The first-order valence-corrected chi connectivity index (χ1v) is 16.1. The average Bonchev–Trinajstić information content (AvgIpc) is 3.74. The zero-order valence-electron chi connectivity index (χ0n) is 24.6. The van der Waals surface area contributed by atoms with E-state index in [2.05, 4.69) is 37.3 Å². The summed E-state index contributed by atoms with van der Waals surface area (Å²) in [7, 11) is 0. The van der Waals surface area contributed by atoms with Gasteiger partial charge in [-0.1, -0.05) is 96.0 Å². The maximum absolute atomic E-state index is 13.7. The summed E-state index contributed by atoms with van der Waals surface area (Å²) in [4.78, 5) is 27.4. The Kier molecular flexibility index (Phi) is 12.9. The summed E-state index contributed by atoms with van der Waals surface area (Å²) < 4.78 is 0.0156. The third-order valence-electron chi connectivity index (χ3n) is 8.09. The molecule has 4 N–H and O–H groups in total. The van der Waals surface area contributed by atoms with Gasteiger partial charge in [0.05, 0.1) is 18.1 Å². The Hall–Kier alpha value is -2.01. The summed E-state index contributed by atoms with van der Waals surface area (Å²) in [5.74, 6) is 3.20. The first kappa shape index (κ1) is 32.5. The van der Waals surface area contributed by atoms with Gasteiger partial charge in [-0.05, 0) is 36.7 Å². The quantitative estimate of drug-likeness (QED) is 0.226. The van der Waals surface area contributed by atoms with Crippen LogP contribution in [0.15, 0.2) is 30.3 Å². The molecule has 1 aromatic rings. The third-order valence-corrected chi connectivity index (χ3v) is 9.52. The predicted molar refractivity (Wildman–Crippen MR) is 164 cm³/mol. The molecule has 0 spiro atoms. The van der Waals surface area contributed by atoms with Crippen molar-refractivity contribution in [1.29, 1.82) is 0 Å². The number of carbonyl (C=O) groups is 2. The third kappa shape index (κ3) is 11.5. The van der Waals surface area contributed by atoms with Crippen molar-refractivity contribution < 1.29 is 19.8 Å². The molecule has 0 aromatic heterocycles. The smallest absolute Gasteiger partial charge is 0.242 e. The highest BCUT2D eigenvalue weighted by Crippen LogP contribution is 2.34. The molecule has 0 radical (unpaired) electrons. The molecular weight excluding hydrogens is 520 g/mol. The minimum Gasteiger partial charge on any atom is -0.389 e. The van der Waals surface area contributed by atoms with Crippen LogP contribution < -0.4 is 10.6 Å². The highest BCUT2D eigenvalue weighted by atomic mass is 32.2. The lowest BCUT2D eigenvalue weighted by atomic mass is 9.82. The number of aliphatic hydroxyl groups excluding tert-OH is 2. The molecule has 0 bridgehead atoms. The van der Waals surface area contributed by atoms with Crippen LogP contribution >= 0.6 is 11.8 Å². The lowest BCUT2D eigenvalue weighted by molar-refractivity contribution is -0.132. The number of thioether (sulfide) groups is 1.